The molecule has 100 valence electrons. The predicted octanol–water partition coefficient (Wildman–Crippen LogP) is 5.30. The fourth-order valence-electron chi connectivity index (χ4n) is 1.97. The van der Waals surface area contributed by atoms with Gasteiger partial charge in [0.25, 0.3) is 0 Å². The van der Waals surface area contributed by atoms with E-state index in [1.165, 1.54) is 44.1 Å². The van der Waals surface area contributed by atoms with Crippen LogP contribution >= 0.6 is 0 Å². The number of allylic oxidation sites excluding steroid dienone is 2. The first-order valence-electron chi connectivity index (χ1n) is 7.31. The highest BCUT2D eigenvalue weighted by molar-refractivity contribution is 5.52. The van der Waals surface area contributed by atoms with Crippen LogP contribution in [0.4, 0.5) is 0 Å². The standard InChI is InChI=1S/C16H30O/c1-4-5-6-7-8-9-11-15(2)12-10-13-16(3)14-17/h11,14,16H,4-10,12-13H2,1-3H3. The molecule has 0 rings (SSSR count). The molecule has 1 atom stereocenters. The molecule has 0 saturated heterocycles. The molecule has 0 heterocycles. The summed E-state index contributed by atoms with van der Waals surface area (Å²) in [4.78, 5) is 10.5. The van der Waals surface area contributed by atoms with E-state index in [0.29, 0.717) is 0 Å². The Kier molecular flexibility index (Phi) is 11.5. The van der Waals surface area contributed by atoms with Crippen LogP contribution in [0.5, 0.6) is 0 Å². The van der Waals surface area contributed by atoms with Gasteiger partial charge in [-0.1, -0.05) is 51.2 Å². The molecule has 0 saturated carbocycles. The average Bonchev–Trinajstić information content (AvgIpc) is 2.33. The molecule has 1 unspecified atom stereocenters. The van der Waals surface area contributed by atoms with Gasteiger partial charge in [0.1, 0.15) is 6.29 Å². The van der Waals surface area contributed by atoms with Crippen LogP contribution in [0, 0.1) is 5.92 Å². The lowest BCUT2D eigenvalue weighted by atomic mass is 10.0. The molecule has 1 heteroatoms. The topological polar surface area (TPSA) is 17.1 Å². The zero-order valence-corrected chi connectivity index (χ0v) is 12.0. The molecule has 0 amide bonds. The Hall–Kier alpha value is -0.590. The molecule has 0 aromatic carbocycles. The summed E-state index contributed by atoms with van der Waals surface area (Å²) in [7, 11) is 0. The van der Waals surface area contributed by atoms with Crippen LogP contribution in [0.15, 0.2) is 11.6 Å². The molecular weight excluding hydrogens is 208 g/mol. The zero-order valence-electron chi connectivity index (χ0n) is 12.0. The third-order valence-electron chi connectivity index (χ3n) is 3.26. The number of hydrogen-bond acceptors (Lipinski definition) is 1. The second-order valence-electron chi connectivity index (χ2n) is 5.26. The molecule has 0 fully saturated rings. The van der Waals surface area contributed by atoms with Crippen LogP contribution in [0.3, 0.4) is 0 Å². The summed E-state index contributed by atoms with van der Waals surface area (Å²) >= 11 is 0. The maximum absolute atomic E-state index is 10.5. The van der Waals surface area contributed by atoms with Crippen molar-refractivity contribution < 1.29 is 4.79 Å². The summed E-state index contributed by atoms with van der Waals surface area (Å²) in [6.45, 7) is 6.47. The first kappa shape index (κ1) is 16.4. The summed E-state index contributed by atoms with van der Waals surface area (Å²) in [5.74, 6) is 0.233. The number of rotatable bonds is 11. The van der Waals surface area contributed by atoms with Crippen molar-refractivity contribution >= 4 is 6.29 Å². The van der Waals surface area contributed by atoms with E-state index in [4.69, 9.17) is 0 Å². The normalized spacial score (nSPS) is 13.7. The smallest absolute Gasteiger partial charge is 0.122 e. The number of carbonyl (C=O) groups excluding carboxylic acids is 1. The fraction of sp³-hybridized carbons (Fsp3) is 0.812. The SMILES string of the molecule is CCCCCCCC=C(C)CCCC(C)C=O. The first-order valence-corrected chi connectivity index (χ1v) is 7.31. The molecule has 0 aromatic rings. The minimum absolute atomic E-state index is 0.233. The summed E-state index contributed by atoms with van der Waals surface area (Å²) < 4.78 is 0. The van der Waals surface area contributed by atoms with Crippen molar-refractivity contribution in [3.63, 3.8) is 0 Å². The molecule has 1 nitrogen and oxygen atoms in total. The van der Waals surface area contributed by atoms with Gasteiger partial charge in [0.05, 0.1) is 0 Å². The molecule has 0 radical (unpaired) electrons. The zero-order chi connectivity index (χ0) is 12.9. The van der Waals surface area contributed by atoms with Gasteiger partial charge in [0.15, 0.2) is 0 Å². The maximum Gasteiger partial charge on any atom is 0.122 e. The first-order chi connectivity index (χ1) is 8.20. The lowest BCUT2D eigenvalue weighted by Crippen LogP contribution is -1.95. The minimum Gasteiger partial charge on any atom is -0.303 e. The average molecular weight is 238 g/mol. The van der Waals surface area contributed by atoms with Gasteiger partial charge in [-0.2, -0.15) is 0 Å². The van der Waals surface area contributed by atoms with Gasteiger partial charge in [0.2, 0.25) is 0 Å². The van der Waals surface area contributed by atoms with E-state index >= 15 is 0 Å². The lowest BCUT2D eigenvalue weighted by molar-refractivity contribution is -0.110. The monoisotopic (exact) mass is 238 g/mol. The Morgan fingerprint density at radius 3 is 2.47 bits per heavy atom. The quantitative estimate of drug-likeness (QED) is 0.271. The van der Waals surface area contributed by atoms with E-state index in [2.05, 4.69) is 19.9 Å². The van der Waals surface area contributed by atoms with Crippen molar-refractivity contribution in [1.29, 1.82) is 0 Å². The molecule has 0 spiro atoms. The molecule has 0 bridgehead atoms. The van der Waals surface area contributed by atoms with E-state index in [9.17, 15) is 4.79 Å². The highest BCUT2D eigenvalue weighted by Gasteiger charge is 1.99. The highest BCUT2D eigenvalue weighted by Crippen LogP contribution is 2.13. The van der Waals surface area contributed by atoms with Crippen LogP contribution in [0.2, 0.25) is 0 Å². The van der Waals surface area contributed by atoms with Gasteiger partial charge >= 0.3 is 0 Å². The van der Waals surface area contributed by atoms with Crippen molar-refractivity contribution in [2.75, 3.05) is 0 Å². The van der Waals surface area contributed by atoms with Gasteiger partial charge in [-0.3, -0.25) is 0 Å². The fourth-order valence-corrected chi connectivity index (χ4v) is 1.97. The second kappa shape index (κ2) is 11.9. The molecular formula is C16H30O. The largest absolute Gasteiger partial charge is 0.303 e. The van der Waals surface area contributed by atoms with Gasteiger partial charge in [-0.25, -0.2) is 0 Å². The van der Waals surface area contributed by atoms with Crippen LogP contribution in [-0.4, -0.2) is 6.29 Å². The van der Waals surface area contributed by atoms with Crippen LogP contribution in [0.25, 0.3) is 0 Å². The van der Waals surface area contributed by atoms with Crippen molar-refractivity contribution in [1.82, 2.24) is 0 Å². The lowest BCUT2D eigenvalue weighted by Gasteiger charge is -2.04. The highest BCUT2D eigenvalue weighted by atomic mass is 16.1. The molecule has 0 aliphatic rings. The van der Waals surface area contributed by atoms with E-state index in [1.807, 2.05) is 6.92 Å². The van der Waals surface area contributed by atoms with Crippen molar-refractivity contribution in [2.24, 2.45) is 5.92 Å². The third kappa shape index (κ3) is 11.7. The van der Waals surface area contributed by atoms with Crippen LogP contribution in [0.1, 0.15) is 78.6 Å². The Bertz CT molecular complexity index is 206. The summed E-state index contributed by atoms with van der Waals surface area (Å²) in [5.41, 5.74) is 1.50. The van der Waals surface area contributed by atoms with Gasteiger partial charge in [-0.05, 0) is 39.0 Å². The van der Waals surface area contributed by atoms with Crippen molar-refractivity contribution in [2.45, 2.75) is 78.6 Å². The third-order valence-corrected chi connectivity index (χ3v) is 3.26. The minimum atomic E-state index is 0.233. The molecule has 0 aliphatic carbocycles. The number of carbonyl (C=O) groups is 1. The predicted molar refractivity (Wildman–Crippen MR) is 76.2 cm³/mol. The summed E-state index contributed by atoms with van der Waals surface area (Å²) in [6, 6.07) is 0. The summed E-state index contributed by atoms with van der Waals surface area (Å²) in [5, 5.41) is 0. The number of hydrogen-bond donors (Lipinski definition) is 0. The van der Waals surface area contributed by atoms with Crippen molar-refractivity contribution in [3.05, 3.63) is 11.6 Å². The number of aldehydes is 1. The van der Waals surface area contributed by atoms with Gasteiger partial charge < -0.3 is 4.79 Å². The molecule has 0 N–H and O–H groups in total. The Labute approximate surface area is 108 Å². The van der Waals surface area contributed by atoms with E-state index in [0.717, 1.165) is 25.5 Å². The van der Waals surface area contributed by atoms with Gasteiger partial charge in [-0.15, -0.1) is 0 Å². The Balaban J connectivity index is 3.41. The van der Waals surface area contributed by atoms with Crippen LogP contribution in [-0.2, 0) is 4.79 Å². The summed E-state index contributed by atoms with van der Waals surface area (Å²) in [6.07, 6.45) is 14.8. The van der Waals surface area contributed by atoms with Crippen LogP contribution < -0.4 is 0 Å². The maximum atomic E-state index is 10.5. The van der Waals surface area contributed by atoms with E-state index in [-0.39, 0.29) is 5.92 Å². The number of unbranched alkanes of at least 4 members (excludes halogenated alkanes) is 5. The molecule has 0 aliphatic heterocycles. The van der Waals surface area contributed by atoms with E-state index < -0.39 is 0 Å². The Morgan fingerprint density at radius 2 is 1.82 bits per heavy atom. The van der Waals surface area contributed by atoms with Gasteiger partial charge in [0, 0.05) is 5.92 Å². The molecule has 0 aromatic heterocycles. The second-order valence-corrected chi connectivity index (χ2v) is 5.26. The Morgan fingerprint density at radius 1 is 1.12 bits per heavy atom. The van der Waals surface area contributed by atoms with E-state index in [1.54, 1.807) is 0 Å². The molecule has 17 heavy (non-hydrogen) atoms. The van der Waals surface area contributed by atoms with Crippen molar-refractivity contribution in [3.8, 4) is 0 Å².